The molecular weight excluding hydrogens is 312 g/mol. The number of benzene rings is 2. The maximum Gasteiger partial charge on any atom is 0.230 e. The van der Waals surface area contributed by atoms with Crippen molar-refractivity contribution >= 4 is 11.6 Å². The predicted molar refractivity (Wildman–Crippen MR) is 98.0 cm³/mol. The fourth-order valence-corrected chi connectivity index (χ4v) is 4.21. The van der Waals surface area contributed by atoms with Crippen molar-refractivity contribution < 1.29 is 9.90 Å². The topological polar surface area (TPSA) is 52.6 Å². The molecule has 1 saturated heterocycles. The quantitative estimate of drug-likeness (QED) is 0.905. The Morgan fingerprint density at radius 1 is 1.00 bits per heavy atom. The third-order valence-electron chi connectivity index (χ3n) is 5.57. The molecular formula is C21H24N2O2. The summed E-state index contributed by atoms with van der Waals surface area (Å²) < 4.78 is 0. The third kappa shape index (κ3) is 3.32. The molecule has 130 valence electrons. The zero-order valence-electron chi connectivity index (χ0n) is 14.3. The highest BCUT2D eigenvalue weighted by Crippen LogP contribution is 2.41. The predicted octanol–water partition coefficient (Wildman–Crippen LogP) is 3.20. The van der Waals surface area contributed by atoms with E-state index >= 15 is 0 Å². The van der Waals surface area contributed by atoms with E-state index in [4.69, 9.17) is 0 Å². The number of aliphatic hydroxyl groups excluding tert-OH is 1. The molecule has 4 nitrogen and oxygen atoms in total. The van der Waals surface area contributed by atoms with Crippen molar-refractivity contribution in [3.8, 4) is 0 Å². The second kappa shape index (κ2) is 6.98. The number of anilines is 1. The number of aliphatic hydroxyl groups is 1. The molecule has 2 heterocycles. The lowest BCUT2D eigenvalue weighted by Gasteiger charge is -2.39. The van der Waals surface area contributed by atoms with Crippen LogP contribution in [0.4, 0.5) is 5.69 Å². The zero-order chi connectivity index (χ0) is 17.2. The average Bonchev–Trinajstić information content (AvgIpc) is 2.64. The van der Waals surface area contributed by atoms with E-state index in [0.717, 1.165) is 43.7 Å². The van der Waals surface area contributed by atoms with E-state index < -0.39 is 6.10 Å². The van der Waals surface area contributed by atoms with Gasteiger partial charge in [-0.25, -0.2) is 0 Å². The van der Waals surface area contributed by atoms with Crippen LogP contribution in [0.2, 0.25) is 0 Å². The number of amides is 1. The summed E-state index contributed by atoms with van der Waals surface area (Å²) >= 11 is 0. The number of likely N-dealkylation sites (tertiary alicyclic amines) is 1. The molecule has 1 fully saturated rings. The summed E-state index contributed by atoms with van der Waals surface area (Å²) in [5.74, 6) is -0.142. The van der Waals surface area contributed by atoms with Crippen LogP contribution in [0, 0.1) is 11.8 Å². The minimum atomic E-state index is -0.698. The number of piperidine rings is 1. The third-order valence-corrected chi connectivity index (χ3v) is 5.57. The van der Waals surface area contributed by atoms with E-state index in [9.17, 15) is 9.90 Å². The summed E-state index contributed by atoms with van der Waals surface area (Å²) in [5.41, 5.74) is 2.92. The summed E-state index contributed by atoms with van der Waals surface area (Å²) in [6.45, 7) is 2.89. The highest BCUT2D eigenvalue weighted by molar-refractivity contribution is 5.96. The van der Waals surface area contributed by atoms with Gasteiger partial charge >= 0.3 is 0 Å². The number of para-hydroxylation sites is 1. The molecule has 1 unspecified atom stereocenters. The highest BCUT2D eigenvalue weighted by atomic mass is 16.3. The van der Waals surface area contributed by atoms with Crippen LogP contribution in [-0.2, 0) is 11.3 Å². The molecule has 2 atom stereocenters. The molecule has 2 aromatic carbocycles. The Kier molecular flexibility index (Phi) is 4.55. The van der Waals surface area contributed by atoms with Crippen LogP contribution in [0.1, 0.15) is 30.1 Å². The molecule has 2 aliphatic rings. The van der Waals surface area contributed by atoms with Gasteiger partial charge in [-0.1, -0.05) is 48.5 Å². The molecule has 25 heavy (non-hydrogen) atoms. The minimum absolute atomic E-state index is 0.0345. The minimum Gasteiger partial charge on any atom is -0.387 e. The molecule has 0 aliphatic carbocycles. The first-order chi connectivity index (χ1) is 12.2. The standard InChI is InChI=1S/C21H24N2O2/c24-20-17-8-4-5-9-18(17)22-21(25)19(20)16-10-12-23(13-11-16)14-15-6-2-1-3-7-15/h1-9,16,19-20,24H,10-14H2,(H,22,25)/t19-,20?/m1/s1. The Labute approximate surface area is 148 Å². The van der Waals surface area contributed by atoms with Crippen LogP contribution in [0.25, 0.3) is 0 Å². The number of nitrogens with one attached hydrogen (secondary N) is 1. The van der Waals surface area contributed by atoms with Gasteiger partial charge in [0.05, 0.1) is 12.0 Å². The summed E-state index contributed by atoms with van der Waals surface area (Å²) in [4.78, 5) is 15.0. The molecule has 0 spiro atoms. The number of rotatable bonds is 3. The maximum absolute atomic E-state index is 12.6. The van der Waals surface area contributed by atoms with Crippen LogP contribution >= 0.6 is 0 Å². The van der Waals surface area contributed by atoms with Gasteiger partial charge in [0, 0.05) is 17.8 Å². The first-order valence-electron chi connectivity index (χ1n) is 9.06. The van der Waals surface area contributed by atoms with Gasteiger partial charge in [0.2, 0.25) is 5.91 Å². The van der Waals surface area contributed by atoms with Gasteiger partial charge in [-0.2, -0.15) is 0 Å². The van der Waals surface area contributed by atoms with E-state index in [1.54, 1.807) is 0 Å². The molecule has 0 saturated carbocycles. The molecule has 0 bridgehead atoms. The lowest BCUT2D eigenvalue weighted by molar-refractivity contribution is -0.127. The molecule has 4 rings (SSSR count). The highest BCUT2D eigenvalue weighted by Gasteiger charge is 2.40. The van der Waals surface area contributed by atoms with E-state index in [2.05, 4.69) is 34.5 Å². The van der Waals surface area contributed by atoms with Crippen molar-refractivity contribution in [3.05, 3.63) is 65.7 Å². The lowest BCUT2D eigenvalue weighted by Crippen LogP contribution is -2.43. The molecule has 0 radical (unpaired) electrons. The number of nitrogens with zero attached hydrogens (tertiary/aromatic N) is 1. The molecule has 2 N–H and O–H groups in total. The fraction of sp³-hybridized carbons (Fsp3) is 0.381. The second-order valence-corrected chi connectivity index (χ2v) is 7.15. The van der Waals surface area contributed by atoms with Crippen molar-refractivity contribution in [2.75, 3.05) is 18.4 Å². The molecule has 1 amide bonds. The number of hydrogen-bond donors (Lipinski definition) is 2. The van der Waals surface area contributed by atoms with Crippen LogP contribution in [0.15, 0.2) is 54.6 Å². The van der Waals surface area contributed by atoms with Crippen LogP contribution in [0.3, 0.4) is 0 Å². The van der Waals surface area contributed by atoms with Crippen LogP contribution < -0.4 is 5.32 Å². The van der Waals surface area contributed by atoms with Crippen molar-refractivity contribution in [2.45, 2.75) is 25.5 Å². The summed E-state index contributed by atoms with van der Waals surface area (Å²) in [6.07, 6.45) is 1.20. The largest absolute Gasteiger partial charge is 0.387 e. The summed E-state index contributed by atoms with van der Waals surface area (Å²) in [6, 6.07) is 18.1. The molecule has 2 aromatic rings. The van der Waals surface area contributed by atoms with Gasteiger partial charge in [-0.15, -0.1) is 0 Å². The Balaban J connectivity index is 1.41. The maximum atomic E-state index is 12.6. The zero-order valence-corrected chi connectivity index (χ0v) is 14.3. The van der Waals surface area contributed by atoms with Crippen molar-refractivity contribution in [2.24, 2.45) is 11.8 Å². The first-order valence-corrected chi connectivity index (χ1v) is 9.06. The number of carbonyl (C=O) groups excluding carboxylic acids is 1. The molecule has 4 heteroatoms. The second-order valence-electron chi connectivity index (χ2n) is 7.15. The fourth-order valence-electron chi connectivity index (χ4n) is 4.21. The van der Waals surface area contributed by atoms with Crippen LogP contribution in [0.5, 0.6) is 0 Å². The van der Waals surface area contributed by atoms with Crippen molar-refractivity contribution in [3.63, 3.8) is 0 Å². The van der Waals surface area contributed by atoms with Gasteiger partial charge < -0.3 is 10.4 Å². The van der Waals surface area contributed by atoms with Gasteiger partial charge in [0.25, 0.3) is 0 Å². The van der Waals surface area contributed by atoms with Gasteiger partial charge in [0.1, 0.15) is 0 Å². The van der Waals surface area contributed by atoms with E-state index in [0.29, 0.717) is 0 Å². The summed E-state index contributed by atoms with van der Waals surface area (Å²) in [7, 11) is 0. The van der Waals surface area contributed by atoms with E-state index in [-0.39, 0.29) is 17.7 Å². The molecule has 2 aliphatic heterocycles. The SMILES string of the molecule is O=C1Nc2ccccc2C(O)[C@H]1C1CCN(Cc2ccccc2)CC1. The Morgan fingerprint density at radius 2 is 1.68 bits per heavy atom. The van der Waals surface area contributed by atoms with Gasteiger partial charge in [-0.05, 0) is 43.5 Å². The Hall–Kier alpha value is -2.17. The number of hydrogen-bond acceptors (Lipinski definition) is 3. The monoisotopic (exact) mass is 336 g/mol. The average molecular weight is 336 g/mol. The van der Waals surface area contributed by atoms with E-state index in [1.165, 1.54) is 5.56 Å². The Bertz CT molecular complexity index is 739. The normalized spacial score (nSPS) is 24.6. The van der Waals surface area contributed by atoms with Gasteiger partial charge in [-0.3, -0.25) is 9.69 Å². The number of carbonyl (C=O) groups is 1. The lowest BCUT2D eigenvalue weighted by atomic mass is 9.76. The van der Waals surface area contributed by atoms with Gasteiger partial charge in [0.15, 0.2) is 0 Å². The van der Waals surface area contributed by atoms with Crippen LogP contribution in [-0.4, -0.2) is 29.0 Å². The van der Waals surface area contributed by atoms with Crippen molar-refractivity contribution in [1.29, 1.82) is 0 Å². The number of fused-ring (bicyclic) bond motifs is 1. The van der Waals surface area contributed by atoms with Crippen molar-refractivity contribution in [1.82, 2.24) is 4.90 Å². The smallest absolute Gasteiger partial charge is 0.230 e. The Morgan fingerprint density at radius 3 is 2.44 bits per heavy atom. The summed E-state index contributed by atoms with van der Waals surface area (Å²) in [5, 5.41) is 13.7. The van der Waals surface area contributed by atoms with E-state index in [1.807, 2.05) is 30.3 Å². The molecule has 0 aromatic heterocycles. The first kappa shape index (κ1) is 16.3.